The van der Waals surface area contributed by atoms with Crippen molar-refractivity contribution < 1.29 is 9.53 Å². The average Bonchev–Trinajstić information content (AvgIpc) is 2.61. The zero-order valence-electron chi connectivity index (χ0n) is 8.66. The van der Waals surface area contributed by atoms with Crippen LogP contribution in [0.2, 0.25) is 0 Å². The van der Waals surface area contributed by atoms with Crippen LogP contribution in [0.1, 0.15) is 32.6 Å². The Morgan fingerprint density at radius 1 is 1.64 bits per heavy atom. The van der Waals surface area contributed by atoms with E-state index in [2.05, 4.69) is 6.08 Å². The summed E-state index contributed by atoms with van der Waals surface area (Å²) in [5.41, 5.74) is 1.22. The van der Waals surface area contributed by atoms with Crippen LogP contribution in [0.15, 0.2) is 11.8 Å². The number of hydrogen-bond acceptors (Lipinski definition) is 2. The first-order valence-corrected chi connectivity index (χ1v) is 5.47. The summed E-state index contributed by atoms with van der Waals surface area (Å²) in [5, 5.41) is 0. The lowest BCUT2D eigenvalue weighted by Crippen LogP contribution is -2.28. The fourth-order valence-corrected chi connectivity index (χ4v) is 2.36. The molecule has 0 spiro atoms. The Morgan fingerprint density at radius 3 is 3.29 bits per heavy atom. The monoisotopic (exact) mass is 195 g/mol. The van der Waals surface area contributed by atoms with Crippen LogP contribution in [0.4, 0.5) is 4.79 Å². The zero-order valence-corrected chi connectivity index (χ0v) is 8.66. The van der Waals surface area contributed by atoms with Crippen molar-refractivity contribution in [1.29, 1.82) is 0 Å². The fraction of sp³-hybridized carbons (Fsp3) is 0.727. The SMILES string of the molecule is CCOC(=O)N1CCC2CCCC=C21. The van der Waals surface area contributed by atoms with Gasteiger partial charge in [0.2, 0.25) is 0 Å². The highest BCUT2D eigenvalue weighted by atomic mass is 16.6. The lowest BCUT2D eigenvalue weighted by Gasteiger charge is -2.22. The summed E-state index contributed by atoms with van der Waals surface area (Å²) in [4.78, 5) is 13.4. The maximum Gasteiger partial charge on any atom is 0.413 e. The van der Waals surface area contributed by atoms with Crippen LogP contribution in [0.5, 0.6) is 0 Å². The van der Waals surface area contributed by atoms with Gasteiger partial charge in [0.25, 0.3) is 0 Å². The van der Waals surface area contributed by atoms with E-state index in [1.807, 2.05) is 11.8 Å². The molecule has 0 aromatic rings. The summed E-state index contributed by atoms with van der Waals surface area (Å²) >= 11 is 0. The topological polar surface area (TPSA) is 29.5 Å². The lowest BCUT2D eigenvalue weighted by molar-refractivity contribution is 0.122. The van der Waals surface area contributed by atoms with Gasteiger partial charge in [-0.25, -0.2) is 4.79 Å². The van der Waals surface area contributed by atoms with Crippen LogP contribution in [0, 0.1) is 5.92 Å². The lowest BCUT2D eigenvalue weighted by atomic mass is 9.93. The van der Waals surface area contributed by atoms with E-state index in [1.165, 1.54) is 18.5 Å². The van der Waals surface area contributed by atoms with Crippen molar-refractivity contribution >= 4 is 6.09 Å². The van der Waals surface area contributed by atoms with Crippen molar-refractivity contribution in [2.24, 2.45) is 5.92 Å². The van der Waals surface area contributed by atoms with E-state index in [0.717, 1.165) is 19.4 Å². The van der Waals surface area contributed by atoms with Gasteiger partial charge >= 0.3 is 6.09 Å². The number of amides is 1. The second-order valence-corrected chi connectivity index (χ2v) is 3.90. The third kappa shape index (κ3) is 1.63. The van der Waals surface area contributed by atoms with Crippen molar-refractivity contribution in [1.82, 2.24) is 4.90 Å². The minimum absolute atomic E-state index is 0.164. The summed E-state index contributed by atoms with van der Waals surface area (Å²) in [6, 6.07) is 0. The van der Waals surface area contributed by atoms with Crippen molar-refractivity contribution in [3.63, 3.8) is 0 Å². The summed E-state index contributed by atoms with van der Waals surface area (Å²) in [7, 11) is 0. The Hall–Kier alpha value is -0.990. The third-order valence-corrected chi connectivity index (χ3v) is 3.03. The van der Waals surface area contributed by atoms with Crippen LogP contribution in [0.25, 0.3) is 0 Å². The molecule has 78 valence electrons. The molecule has 0 aromatic heterocycles. The van der Waals surface area contributed by atoms with Gasteiger partial charge in [0.15, 0.2) is 0 Å². The van der Waals surface area contributed by atoms with Crippen molar-refractivity contribution in [3.8, 4) is 0 Å². The van der Waals surface area contributed by atoms with Crippen LogP contribution in [-0.2, 0) is 4.74 Å². The minimum Gasteiger partial charge on any atom is -0.449 e. The van der Waals surface area contributed by atoms with Gasteiger partial charge < -0.3 is 4.74 Å². The van der Waals surface area contributed by atoms with Gasteiger partial charge in [0, 0.05) is 18.2 Å². The molecule has 1 aliphatic heterocycles. The Labute approximate surface area is 84.7 Å². The molecule has 2 aliphatic rings. The Kier molecular flexibility index (Phi) is 2.75. The normalized spacial score (nSPS) is 25.6. The van der Waals surface area contributed by atoms with Crippen LogP contribution < -0.4 is 0 Å². The number of carbonyl (C=O) groups excluding carboxylic acids is 1. The quantitative estimate of drug-likeness (QED) is 0.643. The third-order valence-electron chi connectivity index (χ3n) is 3.03. The molecule has 1 atom stereocenters. The van der Waals surface area contributed by atoms with E-state index in [4.69, 9.17) is 4.74 Å². The Bertz CT molecular complexity index is 260. The molecule has 3 heteroatoms. The second-order valence-electron chi connectivity index (χ2n) is 3.90. The van der Waals surface area contributed by atoms with Gasteiger partial charge in [0.05, 0.1) is 6.61 Å². The molecule has 1 amide bonds. The molecule has 0 bridgehead atoms. The standard InChI is InChI=1S/C11H17NO2/c1-2-14-11(13)12-8-7-9-5-3-4-6-10(9)12/h6,9H,2-5,7-8H2,1H3. The number of ether oxygens (including phenoxy) is 1. The number of likely N-dealkylation sites (tertiary alicyclic amines) is 1. The number of carbonyl (C=O) groups is 1. The number of rotatable bonds is 1. The first-order valence-electron chi connectivity index (χ1n) is 5.47. The van der Waals surface area contributed by atoms with Crippen LogP contribution in [-0.4, -0.2) is 24.1 Å². The van der Waals surface area contributed by atoms with E-state index in [-0.39, 0.29) is 6.09 Å². The van der Waals surface area contributed by atoms with Gasteiger partial charge in [-0.15, -0.1) is 0 Å². The Balaban J connectivity index is 2.06. The summed E-state index contributed by atoms with van der Waals surface area (Å²) in [5.74, 6) is 0.619. The maximum atomic E-state index is 11.6. The molecule has 1 saturated heterocycles. The van der Waals surface area contributed by atoms with Gasteiger partial charge in [-0.05, 0) is 32.6 Å². The van der Waals surface area contributed by atoms with E-state index in [1.54, 1.807) is 0 Å². The largest absolute Gasteiger partial charge is 0.449 e. The van der Waals surface area contributed by atoms with E-state index in [9.17, 15) is 4.79 Å². The van der Waals surface area contributed by atoms with E-state index in [0.29, 0.717) is 12.5 Å². The molecule has 1 heterocycles. The van der Waals surface area contributed by atoms with Gasteiger partial charge in [0.1, 0.15) is 0 Å². The molecular weight excluding hydrogens is 178 g/mol. The zero-order chi connectivity index (χ0) is 9.97. The summed E-state index contributed by atoms with van der Waals surface area (Å²) < 4.78 is 5.02. The molecule has 0 saturated carbocycles. The molecule has 0 radical (unpaired) electrons. The molecule has 1 unspecified atom stereocenters. The maximum absolute atomic E-state index is 11.6. The number of allylic oxidation sites excluding steroid dienone is 2. The molecule has 2 rings (SSSR count). The molecule has 14 heavy (non-hydrogen) atoms. The van der Waals surface area contributed by atoms with Gasteiger partial charge in [-0.3, -0.25) is 4.90 Å². The predicted octanol–water partition coefficient (Wildman–Crippen LogP) is 2.53. The van der Waals surface area contributed by atoms with Crippen molar-refractivity contribution in [2.45, 2.75) is 32.6 Å². The van der Waals surface area contributed by atoms with E-state index >= 15 is 0 Å². The summed E-state index contributed by atoms with van der Waals surface area (Å²) in [6.45, 7) is 3.16. The first kappa shape index (κ1) is 9.56. The number of nitrogens with zero attached hydrogens (tertiary/aromatic N) is 1. The fourth-order valence-electron chi connectivity index (χ4n) is 2.36. The van der Waals surface area contributed by atoms with Crippen molar-refractivity contribution in [2.75, 3.05) is 13.2 Å². The minimum atomic E-state index is -0.164. The van der Waals surface area contributed by atoms with Gasteiger partial charge in [-0.1, -0.05) is 6.08 Å². The van der Waals surface area contributed by atoms with Gasteiger partial charge in [-0.2, -0.15) is 0 Å². The molecule has 1 fully saturated rings. The van der Waals surface area contributed by atoms with Crippen LogP contribution >= 0.6 is 0 Å². The first-order chi connectivity index (χ1) is 6.83. The van der Waals surface area contributed by atoms with Crippen LogP contribution in [0.3, 0.4) is 0 Å². The molecule has 0 N–H and O–H groups in total. The predicted molar refractivity (Wildman–Crippen MR) is 53.8 cm³/mol. The number of fused-ring (bicyclic) bond motifs is 1. The molecule has 0 aromatic carbocycles. The highest BCUT2D eigenvalue weighted by Crippen LogP contribution is 2.36. The van der Waals surface area contributed by atoms with E-state index < -0.39 is 0 Å². The smallest absolute Gasteiger partial charge is 0.413 e. The molecular formula is C11H17NO2. The summed E-state index contributed by atoms with van der Waals surface area (Å²) in [6.07, 6.45) is 6.78. The van der Waals surface area contributed by atoms with Crippen molar-refractivity contribution in [3.05, 3.63) is 11.8 Å². The number of hydrogen-bond donors (Lipinski definition) is 0. The Morgan fingerprint density at radius 2 is 2.50 bits per heavy atom. The highest BCUT2D eigenvalue weighted by molar-refractivity contribution is 5.70. The highest BCUT2D eigenvalue weighted by Gasteiger charge is 2.33. The second kappa shape index (κ2) is 4.03. The molecule has 1 aliphatic carbocycles. The molecule has 3 nitrogen and oxygen atoms in total. The average molecular weight is 195 g/mol.